The van der Waals surface area contributed by atoms with E-state index in [1.807, 2.05) is 0 Å². The van der Waals surface area contributed by atoms with Gasteiger partial charge in [0.25, 0.3) is 5.91 Å². The van der Waals surface area contributed by atoms with Crippen molar-refractivity contribution >= 4 is 11.7 Å². The molecule has 1 aliphatic rings. The van der Waals surface area contributed by atoms with Crippen molar-refractivity contribution in [3.63, 3.8) is 0 Å². The lowest BCUT2D eigenvalue weighted by atomic mass is 10.1. The third-order valence-electron chi connectivity index (χ3n) is 3.12. The monoisotopic (exact) mass is 234 g/mol. The molecule has 1 aliphatic carbocycles. The number of rotatable bonds is 3. The van der Waals surface area contributed by atoms with Crippen molar-refractivity contribution in [2.45, 2.75) is 44.6 Å². The molecular formula is C12H18N4O. The van der Waals surface area contributed by atoms with Gasteiger partial charge >= 0.3 is 0 Å². The van der Waals surface area contributed by atoms with Crippen LogP contribution in [0.5, 0.6) is 0 Å². The summed E-state index contributed by atoms with van der Waals surface area (Å²) < 4.78 is 0. The van der Waals surface area contributed by atoms with Gasteiger partial charge in [0.1, 0.15) is 5.82 Å². The Balaban J connectivity index is 1.95. The van der Waals surface area contributed by atoms with Crippen LogP contribution in [0.25, 0.3) is 0 Å². The Kier molecular flexibility index (Phi) is 3.90. The number of amides is 1. The Morgan fingerprint density at radius 1 is 1.18 bits per heavy atom. The van der Waals surface area contributed by atoms with Crippen LogP contribution >= 0.6 is 0 Å². The lowest BCUT2D eigenvalue weighted by Crippen LogP contribution is -2.20. The molecule has 0 spiro atoms. The number of nitrogens with two attached hydrogens (primary N) is 1. The maximum Gasteiger partial charge on any atom is 0.269 e. The molecule has 5 nitrogen and oxygen atoms in total. The van der Waals surface area contributed by atoms with Gasteiger partial charge in [-0.05, 0) is 25.0 Å². The van der Waals surface area contributed by atoms with E-state index in [-0.39, 0.29) is 5.69 Å². The highest BCUT2D eigenvalue weighted by Crippen LogP contribution is 2.19. The molecule has 1 aromatic heterocycles. The first-order valence-corrected chi connectivity index (χ1v) is 6.16. The quantitative estimate of drug-likeness (QED) is 0.780. The minimum Gasteiger partial charge on any atom is -0.366 e. The number of nitrogens with one attached hydrogen (secondary N) is 1. The maximum absolute atomic E-state index is 10.8. The van der Waals surface area contributed by atoms with E-state index in [2.05, 4.69) is 15.5 Å². The molecule has 0 unspecified atom stereocenters. The number of carbonyl (C=O) groups is 1. The van der Waals surface area contributed by atoms with E-state index in [0.717, 1.165) is 5.82 Å². The summed E-state index contributed by atoms with van der Waals surface area (Å²) in [6.45, 7) is 0. The molecule has 92 valence electrons. The van der Waals surface area contributed by atoms with E-state index < -0.39 is 5.91 Å². The minimum absolute atomic E-state index is 0.205. The zero-order valence-corrected chi connectivity index (χ0v) is 9.85. The fourth-order valence-electron chi connectivity index (χ4n) is 2.17. The topological polar surface area (TPSA) is 80.9 Å². The molecular weight excluding hydrogens is 216 g/mol. The van der Waals surface area contributed by atoms with Crippen LogP contribution in [-0.2, 0) is 0 Å². The lowest BCUT2D eigenvalue weighted by molar-refractivity contribution is 0.0994. The number of hydrogen-bond donors (Lipinski definition) is 2. The van der Waals surface area contributed by atoms with Gasteiger partial charge in [-0.3, -0.25) is 4.79 Å². The molecule has 5 heteroatoms. The van der Waals surface area contributed by atoms with Crippen molar-refractivity contribution in [3.8, 4) is 0 Å². The molecule has 0 bridgehead atoms. The first-order chi connectivity index (χ1) is 8.25. The third kappa shape index (κ3) is 3.41. The number of aromatic nitrogens is 2. The molecule has 1 amide bonds. The largest absolute Gasteiger partial charge is 0.366 e. The Hall–Kier alpha value is -1.65. The normalized spacial score (nSPS) is 17.4. The molecule has 0 saturated heterocycles. The van der Waals surface area contributed by atoms with Crippen LogP contribution in [-0.4, -0.2) is 22.1 Å². The van der Waals surface area contributed by atoms with Crippen LogP contribution in [0.15, 0.2) is 12.1 Å². The van der Waals surface area contributed by atoms with Gasteiger partial charge in [0, 0.05) is 6.04 Å². The summed E-state index contributed by atoms with van der Waals surface area (Å²) in [6, 6.07) is 3.85. The lowest BCUT2D eigenvalue weighted by Gasteiger charge is -2.16. The Labute approximate surface area is 101 Å². The molecule has 17 heavy (non-hydrogen) atoms. The summed E-state index contributed by atoms with van der Waals surface area (Å²) in [5, 5.41) is 11.1. The molecule has 0 aromatic carbocycles. The summed E-state index contributed by atoms with van der Waals surface area (Å²) in [7, 11) is 0. The van der Waals surface area contributed by atoms with E-state index in [9.17, 15) is 4.79 Å². The molecule has 1 aromatic rings. The highest BCUT2D eigenvalue weighted by molar-refractivity contribution is 5.90. The summed E-state index contributed by atoms with van der Waals surface area (Å²) in [4.78, 5) is 10.8. The second-order valence-corrected chi connectivity index (χ2v) is 4.50. The summed E-state index contributed by atoms with van der Waals surface area (Å²) in [6.07, 6.45) is 7.54. The average Bonchev–Trinajstić information content (AvgIpc) is 2.58. The second-order valence-electron chi connectivity index (χ2n) is 4.50. The van der Waals surface area contributed by atoms with Crippen LogP contribution < -0.4 is 11.1 Å². The number of primary amides is 1. The van der Waals surface area contributed by atoms with Crippen LogP contribution in [0.1, 0.15) is 49.0 Å². The van der Waals surface area contributed by atoms with Crippen molar-refractivity contribution < 1.29 is 4.79 Å². The molecule has 0 radical (unpaired) electrons. The Bertz CT molecular complexity index is 369. The summed E-state index contributed by atoms with van der Waals surface area (Å²) >= 11 is 0. The van der Waals surface area contributed by atoms with Crippen LogP contribution in [0.3, 0.4) is 0 Å². The molecule has 1 fully saturated rings. The van der Waals surface area contributed by atoms with Gasteiger partial charge in [-0.1, -0.05) is 25.7 Å². The van der Waals surface area contributed by atoms with Gasteiger partial charge in [-0.15, -0.1) is 10.2 Å². The van der Waals surface area contributed by atoms with Gasteiger partial charge in [-0.25, -0.2) is 0 Å². The highest BCUT2D eigenvalue weighted by atomic mass is 16.1. The molecule has 2 rings (SSSR count). The van der Waals surface area contributed by atoms with Gasteiger partial charge in [0.15, 0.2) is 5.69 Å². The first-order valence-electron chi connectivity index (χ1n) is 6.16. The van der Waals surface area contributed by atoms with Crippen molar-refractivity contribution in [1.29, 1.82) is 0 Å². The Morgan fingerprint density at radius 3 is 2.41 bits per heavy atom. The molecule has 1 saturated carbocycles. The standard InChI is InChI=1S/C12H18N4O/c13-12(17)10-7-8-11(16-15-10)14-9-5-3-1-2-4-6-9/h7-9H,1-6H2,(H2,13,17)(H,14,16). The summed E-state index contributed by atoms with van der Waals surface area (Å²) in [5.74, 6) is 0.181. The number of anilines is 1. The summed E-state index contributed by atoms with van der Waals surface area (Å²) in [5.41, 5.74) is 5.31. The minimum atomic E-state index is -0.543. The Morgan fingerprint density at radius 2 is 1.88 bits per heavy atom. The van der Waals surface area contributed by atoms with Gasteiger partial charge in [-0.2, -0.15) is 0 Å². The van der Waals surface area contributed by atoms with E-state index in [4.69, 9.17) is 5.73 Å². The number of hydrogen-bond acceptors (Lipinski definition) is 4. The van der Waals surface area contributed by atoms with Crippen molar-refractivity contribution in [3.05, 3.63) is 17.8 Å². The molecule has 0 aliphatic heterocycles. The third-order valence-corrected chi connectivity index (χ3v) is 3.12. The van der Waals surface area contributed by atoms with E-state index in [1.165, 1.54) is 38.5 Å². The first kappa shape index (κ1) is 11.8. The smallest absolute Gasteiger partial charge is 0.269 e. The predicted molar refractivity (Wildman–Crippen MR) is 65.7 cm³/mol. The van der Waals surface area contributed by atoms with Crippen molar-refractivity contribution in [2.24, 2.45) is 5.73 Å². The maximum atomic E-state index is 10.8. The zero-order valence-electron chi connectivity index (χ0n) is 9.85. The SMILES string of the molecule is NC(=O)c1ccc(NC2CCCCCC2)nn1. The second kappa shape index (κ2) is 5.61. The highest BCUT2D eigenvalue weighted by Gasteiger charge is 2.12. The van der Waals surface area contributed by atoms with E-state index >= 15 is 0 Å². The number of nitrogens with zero attached hydrogens (tertiary/aromatic N) is 2. The van der Waals surface area contributed by atoms with Crippen LogP contribution in [0.4, 0.5) is 5.82 Å². The van der Waals surface area contributed by atoms with Crippen LogP contribution in [0.2, 0.25) is 0 Å². The molecule has 1 heterocycles. The van der Waals surface area contributed by atoms with E-state index in [0.29, 0.717) is 6.04 Å². The predicted octanol–water partition coefficient (Wildman–Crippen LogP) is 1.71. The van der Waals surface area contributed by atoms with Gasteiger partial charge in [0.2, 0.25) is 0 Å². The van der Waals surface area contributed by atoms with Crippen molar-refractivity contribution in [1.82, 2.24) is 10.2 Å². The molecule has 0 atom stereocenters. The fourth-order valence-corrected chi connectivity index (χ4v) is 2.17. The van der Waals surface area contributed by atoms with Gasteiger partial charge < -0.3 is 11.1 Å². The fraction of sp³-hybridized carbons (Fsp3) is 0.583. The van der Waals surface area contributed by atoms with Gasteiger partial charge in [0.05, 0.1) is 0 Å². The van der Waals surface area contributed by atoms with E-state index in [1.54, 1.807) is 12.1 Å². The van der Waals surface area contributed by atoms with Crippen LogP contribution in [0, 0.1) is 0 Å². The zero-order chi connectivity index (χ0) is 12.1. The number of carbonyl (C=O) groups excluding carboxylic acids is 1. The average molecular weight is 234 g/mol. The van der Waals surface area contributed by atoms with Crippen molar-refractivity contribution in [2.75, 3.05) is 5.32 Å². The molecule has 3 N–H and O–H groups in total.